The lowest BCUT2D eigenvalue weighted by molar-refractivity contribution is 0.548. The number of hydrogen-bond donors (Lipinski definition) is 3. The summed E-state index contributed by atoms with van der Waals surface area (Å²) in [6.45, 7) is 0. The predicted molar refractivity (Wildman–Crippen MR) is 69.8 cm³/mol. The summed E-state index contributed by atoms with van der Waals surface area (Å²) in [6, 6.07) is 6.65. The van der Waals surface area contributed by atoms with Crippen LogP contribution in [0.3, 0.4) is 0 Å². The second kappa shape index (κ2) is 4.89. The third-order valence-corrected chi connectivity index (χ3v) is 2.38. The molecule has 0 bridgehead atoms. The molecule has 0 radical (unpaired) electrons. The minimum Gasteiger partial charge on any atom is -0.439 e. The first kappa shape index (κ1) is 12.1. The quantitative estimate of drug-likeness (QED) is 0.564. The van der Waals surface area contributed by atoms with E-state index in [1.54, 1.807) is 24.3 Å². The van der Waals surface area contributed by atoms with Gasteiger partial charge in [-0.3, -0.25) is 5.41 Å². The molecule has 92 valence electrons. The maximum absolute atomic E-state index is 7.81. The number of hydrogen-bond acceptors (Lipinski definition) is 6. The molecule has 6 nitrogen and oxygen atoms in total. The van der Waals surface area contributed by atoms with E-state index in [0.29, 0.717) is 10.8 Å². The molecule has 2 aromatic rings. The van der Waals surface area contributed by atoms with Crippen LogP contribution in [-0.4, -0.2) is 15.9 Å². The average Bonchev–Trinajstić information content (AvgIpc) is 2.28. The van der Waals surface area contributed by atoms with E-state index in [1.165, 1.54) is 6.33 Å². The van der Waals surface area contributed by atoms with Gasteiger partial charge in [-0.25, -0.2) is 9.97 Å². The lowest BCUT2D eigenvalue weighted by Gasteiger charge is -2.10. The largest absolute Gasteiger partial charge is 0.439 e. The molecule has 1 aromatic heterocycles. The molecule has 0 aliphatic heterocycles. The van der Waals surface area contributed by atoms with Crippen LogP contribution in [0.2, 0.25) is 5.02 Å². The number of nitrogen functional groups attached to an aromatic ring is 2. The highest BCUT2D eigenvalue weighted by Gasteiger charge is 2.14. The summed E-state index contributed by atoms with van der Waals surface area (Å²) in [4.78, 5) is 7.52. The van der Waals surface area contributed by atoms with Gasteiger partial charge in [-0.1, -0.05) is 17.7 Å². The van der Waals surface area contributed by atoms with Gasteiger partial charge in [0.2, 0.25) is 5.90 Å². The molecule has 0 unspecified atom stereocenters. The number of ether oxygens (including phenoxy) is 1. The number of nitrogens with zero attached hydrogens (tertiary/aromatic N) is 2. The first-order valence-corrected chi connectivity index (χ1v) is 5.34. The number of anilines is 2. The van der Waals surface area contributed by atoms with Gasteiger partial charge in [0.05, 0.1) is 0 Å². The van der Waals surface area contributed by atoms with Gasteiger partial charge in [0.15, 0.2) is 0 Å². The lowest BCUT2D eigenvalue weighted by atomic mass is 10.2. The molecule has 5 N–H and O–H groups in total. The van der Waals surface area contributed by atoms with Crippen molar-refractivity contribution in [3.63, 3.8) is 0 Å². The van der Waals surface area contributed by atoms with Crippen LogP contribution in [0.5, 0.6) is 5.75 Å². The molecule has 0 amide bonds. The van der Waals surface area contributed by atoms with Crippen molar-refractivity contribution < 1.29 is 4.74 Å². The smallest absolute Gasteiger partial charge is 0.226 e. The monoisotopic (exact) mass is 263 g/mol. The van der Waals surface area contributed by atoms with Gasteiger partial charge >= 0.3 is 0 Å². The Labute approximate surface area is 108 Å². The number of nitrogens with one attached hydrogen (secondary N) is 1. The predicted octanol–water partition coefficient (Wildman–Crippen LogP) is 1.70. The number of halogens is 1. The van der Waals surface area contributed by atoms with Crippen LogP contribution in [-0.2, 0) is 0 Å². The minimum absolute atomic E-state index is 0.0922. The van der Waals surface area contributed by atoms with Crippen molar-refractivity contribution in [2.24, 2.45) is 0 Å². The highest BCUT2D eigenvalue weighted by atomic mass is 35.5. The van der Waals surface area contributed by atoms with E-state index in [1.807, 2.05) is 0 Å². The van der Waals surface area contributed by atoms with Gasteiger partial charge in [-0.2, -0.15) is 0 Å². The molecule has 0 aliphatic rings. The molecule has 0 atom stereocenters. The second-order valence-corrected chi connectivity index (χ2v) is 3.84. The summed E-state index contributed by atoms with van der Waals surface area (Å²) < 4.78 is 5.30. The highest BCUT2D eigenvalue weighted by molar-refractivity contribution is 6.30. The average molecular weight is 264 g/mol. The first-order valence-electron chi connectivity index (χ1n) is 4.96. The van der Waals surface area contributed by atoms with Crippen LogP contribution >= 0.6 is 11.6 Å². The van der Waals surface area contributed by atoms with Crippen LogP contribution in [0.4, 0.5) is 11.6 Å². The molecule has 1 aromatic carbocycles. The molecule has 0 aliphatic carbocycles. The SMILES string of the molecule is N=C(Oc1cccc(Cl)c1)c1c(N)ncnc1N. The Hall–Kier alpha value is -2.34. The molecular formula is C11H10ClN5O. The van der Waals surface area contributed by atoms with E-state index in [0.717, 1.165) is 0 Å². The van der Waals surface area contributed by atoms with E-state index < -0.39 is 0 Å². The molecule has 0 spiro atoms. The highest BCUT2D eigenvalue weighted by Crippen LogP contribution is 2.21. The summed E-state index contributed by atoms with van der Waals surface area (Å²) in [5.74, 6) is 0.368. The number of rotatable bonds is 2. The van der Waals surface area contributed by atoms with E-state index in [-0.39, 0.29) is 23.1 Å². The van der Waals surface area contributed by atoms with Gasteiger partial charge in [-0.15, -0.1) is 0 Å². The van der Waals surface area contributed by atoms with Crippen LogP contribution in [0.1, 0.15) is 5.56 Å². The lowest BCUT2D eigenvalue weighted by Crippen LogP contribution is -2.15. The van der Waals surface area contributed by atoms with E-state index in [9.17, 15) is 0 Å². The zero-order chi connectivity index (χ0) is 13.1. The molecule has 7 heteroatoms. The van der Waals surface area contributed by atoms with Crippen molar-refractivity contribution in [3.05, 3.63) is 41.2 Å². The van der Waals surface area contributed by atoms with Crippen molar-refractivity contribution >= 4 is 29.1 Å². The summed E-state index contributed by atoms with van der Waals surface area (Å²) in [6.07, 6.45) is 1.22. The van der Waals surface area contributed by atoms with Crippen LogP contribution < -0.4 is 16.2 Å². The Morgan fingerprint density at radius 2 is 1.89 bits per heavy atom. The standard InChI is InChI=1S/C11H10ClN5O/c12-6-2-1-3-7(4-6)18-11(15)8-9(13)16-5-17-10(8)14/h1-5,15H,(H4,13,14,16,17). The van der Waals surface area contributed by atoms with Gasteiger partial charge in [0, 0.05) is 5.02 Å². The van der Waals surface area contributed by atoms with Crippen molar-refractivity contribution in [1.29, 1.82) is 5.41 Å². The maximum Gasteiger partial charge on any atom is 0.226 e. The summed E-state index contributed by atoms with van der Waals surface area (Å²) >= 11 is 5.81. The van der Waals surface area contributed by atoms with Gasteiger partial charge in [0.1, 0.15) is 29.3 Å². The first-order chi connectivity index (χ1) is 8.58. The zero-order valence-corrected chi connectivity index (χ0v) is 9.98. The fourth-order valence-corrected chi connectivity index (χ4v) is 1.53. The topological polar surface area (TPSA) is 111 Å². The van der Waals surface area contributed by atoms with Crippen LogP contribution in [0.15, 0.2) is 30.6 Å². The Bertz CT molecular complexity index is 581. The van der Waals surface area contributed by atoms with E-state index >= 15 is 0 Å². The number of benzene rings is 1. The normalized spacial score (nSPS) is 10.1. The summed E-state index contributed by atoms with van der Waals surface area (Å²) in [5, 5.41) is 8.32. The fraction of sp³-hybridized carbons (Fsp3) is 0. The fourth-order valence-electron chi connectivity index (χ4n) is 1.35. The Balaban J connectivity index is 2.28. The molecule has 0 saturated carbocycles. The van der Waals surface area contributed by atoms with Crippen molar-refractivity contribution in [3.8, 4) is 5.75 Å². The Morgan fingerprint density at radius 3 is 2.50 bits per heavy atom. The Morgan fingerprint density at radius 1 is 1.22 bits per heavy atom. The molecule has 18 heavy (non-hydrogen) atoms. The van der Waals surface area contributed by atoms with Crippen LogP contribution in [0, 0.1) is 5.41 Å². The number of nitrogens with two attached hydrogens (primary N) is 2. The maximum atomic E-state index is 7.81. The van der Waals surface area contributed by atoms with Gasteiger partial charge < -0.3 is 16.2 Å². The zero-order valence-electron chi connectivity index (χ0n) is 9.22. The summed E-state index contributed by atoms with van der Waals surface area (Å²) in [5.41, 5.74) is 11.4. The van der Waals surface area contributed by atoms with Gasteiger partial charge in [-0.05, 0) is 18.2 Å². The molecule has 0 fully saturated rings. The van der Waals surface area contributed by atoms with Crippen molar-refractivity contribution in [1.82, 2.24) is 9.97 Å². The van der Waals surface area contributed by atoms with Crippen molar-refractivity contribution in [2.45, 2.75) is 0 Å². The van der Waals surface area contributed by atoms with Gasteiger partial charge in [0.25, 0.3) is 0 Å². The second-order valence-electron chi connectivity index (χ2n) is 3.41. The number of aromatic nitrogens is 2. The molecule has 0 saturated heterocycles. The molecule has 1 heterocycles. The van der Waals surface area contributed by atoms with Crippen molar-refractivity contribution in [2.75, 3.05) is 11.5 Å². The molecular weight excluding hydrogens is 254 g/mol. The molecule has 2 rings (SSSR count). The Kier molecular flexibility index (Phi) is 3.29. The van der Waals surface area contributed by atoms with Crippen LogP contribution in [0.25, 0.3) is 0 Å². The van der Waals surface area contributed by atoms with E-state index in [4.69, 9.17) is 33.2 Å². The summed E-state index contributed by atoms with van der Waals surface area (Å²) in [7, 11) is 0. The third-order valence-electron chi connectivity index (χ3n) is 2.15. The van der Waals surface area contributed by atoms with E-state index in [2.05, 4.69) is 9.97 Å². The minimum atomic E-state index is -0.229. The third kappa shape index (κ3) is 2.49.